The van der Waals surface area contributed by atoms with Crippen molar-refractivity contribution in [2.75, 3.05) is 18.5 Å². The summed E-state index contributed by atoms with van der Waals surface area (Å²) in [7, 11) is 2.05. The van der Waals surface area contributed by atoms with Crippen LogP contribution < -0.4 is 10.6 Å². The Labute approximate surface area is 104 Å². The summed E-state index contributed by atoms with van der Waals surface area (Å²) < 4.78 is 0. The van der Waals surface area contributed by atoms with Crippen LogP contribution in [-0.4, -0.2) is 29.6 Å². The largest absolute Gasteiger partial charge is 0.358 e. The van der Waals surface area contributed by atoms with Crippen molar-refractivity contribution in [1.29, 1.82) is 0 Å². The maximum absolute atomic E-state index is 6.05. The van der Waals surface area contributed by atoms with Crippen molar-refractivity contribution in [3.05, 3.63) is 17.6 Å². The minimum Gasteiger partial charge on any atom is -0.358 e. The zero-order valence-corrected chi connectivity index (χ0v) is 11.6. The third kappa shape index (κ3) is 3.97. The molecule has 4 nitrogen and oxygen atoms in total. The van der Waals surface area contributed by atoms with Gasteiger partial charge in [0.2, 0.25) is 0 Å². The lowest BCUT2D eigenvalue weighted by Gasteiger charge is -2.23. The highest BCUT2D eigenvalue weighted by molar-refractivity contribution is 5.42. The second kappa shape index (κ2) is 5.96. The first-order chi connectivity index (χ1) is 7.91. The van der Waals surface area contributed by atoms with E-state index in [-0.39, 0.29) is 6.04 Å². The number of aromatic nitrogens is 2. The Morgan fingerprint density at radius 1 is 1.35 bits per heavy atom. The molecule has 0 bridgehead atoms. The van der Waals surface area contributed by atoms with E-state index in [9.17, 15) is 0 Å². The Hall–Kier alpha value is -1.16. The van der Waals surface area contributed by atoms with Crippen LogP contribution in [0, 0.1) is 19.8 Å². The van der Waals surface area contributed by atoms with Crippen LogP contribution in [0.2, 0.25) is 0 Å². The van der Waals surface area contributed by atoms with Crippen LogP contribution in [0.25, 0.3) is 0 Å². The van der Waals surface area contributed by atoms with Crippen molar-refractivity contribution >= 4 is 5.82 Å². The van der Waals surface area contributed by atoms with E-state index in [0.717, 1.165) is 30.2 Å². The van der Waals surface area contributed by atoms with E-state index in [2.05, 4.69) is 28.7 Å². The fourth-order valence-corrected chi connectivity index (χ4v) is 1.67. The lowest BCUT2D eigenvalue weighted by atomic mass is 10.0. The van der Waals surface area contributed by atoms with Gasteiger partial charge in [0, 0.05) is 25.8 Å². The summed E-state index contributed by atoms with van der Waals surface area (Å²) in [4.78, 5) is 11.0. The van der Waals surface area contributed by atoms with E-state index in [4.69, 9.17) is 5.73 Å². The van der Waals surface area contributed by atoms with E-state index in [1.54, 1.807) is 6.20 Å². The Morgan fingerprint density at radius 3 is 2.59 bits per heavy atom. The number of hydrogen-bond donors (Lipinski definition) is 1. The molecule has 1 rings (SSSR count). The average molecular weight is 236 g/mol. The number of aryl methyl sites for hydroxylation is 2. The van der Waals surface area contributed by atoms with Crippen LogP contribution in [-0.2, 0) is 0 Å². The molecule has 4 heteroatoms. The lowest BCUT2D eigenvalue weighted by molar-refractivity contribution is 0.465. The van der Waals surface area contributed by atoms with Crippen molar-refractivity contribution < 1.29 is 0 Å². The fourth-order valence-electron chi connectivity index (χ4n) is 1.67. The van der Waals surface area contributed by atoms with E-state index in [1.165, 1.54) is 0 Å². The summed E-state index contributed by atoms with van der Waals surface area (Å²) in [6.07, 6.45) is 2.77. The molecular weight excluding hydrogens is 212 g/mol. The number of anilines is 1. The van der Waals surface area contributed by atoms with Crippen molar-refractivity contribution in [3.8, 4) is 0 Å². The molecule has 0 spiro atoms. The number of nitrogens with two attached hydrogens (primary N) is 1. The summed E-state index contributed by atoms with van der Waals surface area (Å²) in [6, 6.07) is 0.246. The SMILES string of the molecule is Cc1cnc(C)c(N(C)CCC(N)C(C)C)n1. The van der Waals surface area contributed by atoms with Gasteiger partial charge in [-0.05, 0) is 26.2 Å². The Kier molecular flexibility index (Phi) is 4.87. The smallest absolute Gasteiger partial charge is 0.150 e. The van der Waals surface area contributed by atoms with E-state index in [1.807, 2.05) is 20.9 Å². The minimum atomic E-state index is 0.246. The van der Waals surface area contributed by atoms with Gasteiger partial charge in [-0.1, -0.05) is 13.8 Å². The van der Waals surface area contributed by atoms with Crippen molar-refractivity contribution in [1.82, 2.24) is 9.97 Å². The zero-order valence-electron chi connectivity index (χ0n) is 11.6. The van der Waals surface area contributed by atoms with Crippen LogP contribution in [0.3, 0.4) is 0 Å². The zero-order chi connectivity index (χ0) is 13.0. The molecule has 0 aliphatic carbocycles. The number of hydrogen-bond acceptors (Lipinski definition) is 4. The second-order valence-electron chi connectivity index (χ2n) is 5.04. The molecule has 0 radical (unpaired) electrons. The molecule has 0 fully saturated rings. The van der Waals surface area contributed by atoms with E-state index < -0.39 is 0 Å². The summed E-state index contributed by atoms with van der Waals surface area (Å²) in [5.74, 6) is 1.48. The van der Waals surface area contributed by atoms with Crippen LogP contribution in [0.1, 0.15) is 31.7 Å². The predicted molar refractivity (Wildman–Crippen MR) is 72.2 cm³/mol. The molecule has 2 N–H and O–H groups in total. The highest BCUT2D eigenvalue weighted by atomic mass is 15.2. The summed E-state index contributed by atoms with van der Waals surface area (Å²) >= 11 is 0. The van der Waals surface area contributed by atoms with Crippen LogP contribution in [0.4, 0.5) is 5.82 Å². The van der Waals surface area contributed by atoms with Gasteiger partial charge in [-0.3, -0.25) is 4.98 Å². The molecule has 0 aliphatic rings. The molecule has 96 valence electrons. The number of nitrogens with zero attached hydrogens (tertiary/aromatic N) is 3. The van der Waals surface area contributed by atoms with Gasteiger partial charge >= 0.3 is 0 Å². The van der Waals surface area contributed by atoms with Gasteiger partial charge in [0.25, 0.3) is 0 Å². The fraction of sp³-hybridized carbons (Fsp3) is 0.692. The summed E-state index contributed by atoms with van der Waals surface area (Å²) in [5.41, 5.74) is 7.97. The minimum absolute atomic E-state index is 0.246. The van der Waals surface area contributed by atoms with Crippen LogP contribution in [0.5, 0.6) is 0 Å². The Bertz CT molecular complexity index is 362. The molecule has 0 saturated heterocycles. The van der Waals surface area contributed by atoms with Crippen molar-refractivity contribution in [2.24, 2.45) is 11.7 Å². The first-order valence-electron chi connectivity index (χ1n) is 6.18. The topological polar surface area (TPSA) is 55.0 Å². The summed E-state index contributed by atoms with van der Waals surface area (Å²) in [6.45, 7) is 9.17. The van der Waals surface area contributed by atoms with Crippen LogP contribution >= 0.6 is 0 Å². The quantitative estimate of drug-likeness (QED) is 0.848. The Balaban J connectivity index is 2.63. The van der Waals surface area contributed by atoms with E-state index >= 15 is 0 Å². The van der Waals surface area contributed by atoms with Crippen molar-refractivity contribution in [3.63, 3.8) is 0 Å². The predicted octanol–water partition coefficient (Wildman–Crippen LogP) is 1.90. The first-order valence-corrected chi connectivity index (χ1v) is 6.18. The molecule has 1 unspecified atom stereocenters. The molecule has 0 amide bonds. The molecule has 1 aromatic heterocycles. The molecule has 0 saturated carbocycles. The van der Waals surface area contributed by atoms with Gasteiger partial charge < -0.3 is 10.6 Å². The van der Waals surface area contributed by atoms with Crippen LogP contribution in [0.15, 0.2) is 6.20 Å². The van der Waals surface area contributed by atoms with Gasteiger partial charge in [-0.2, -0.15) is 0 Å². The van der Waals surface area contributed by atoms with Crippen molar-refractivity contribution in [2.45, 2.75) is 40.2 Å². The van der Waals surface area contributed by atoms with E-state index in [0.29, 0.717) is 5.92 Å². The normalized spacial score (nSPS) is 12.9. The monoisotopic (exact) mass is 236 g/mol. The molecule has 0 aliphatic heterocycles. The molecule has 0 aromatic carbocycles. The van der Waals surface area contributed by atoms with Gasteiger partial charge in [-0.15, -0.1) is 0 Å². The lowest BCUT2D eigenvalue weighted by Crippen LogP contribution is -2.32. The molecule has 1 atom stereocenters. The van der Waals surface area contributed by atoms with Gasteiger partial charge in [0.15, 0.2) is 0 Å². The molecular formula is C13H24N4. The highest BCUT2D eigenvalue weighted by Crippen LogP contribution is 2.14. The average Bonchev–Trinajstić information content (AvgIpc) is 2.28. The van der Waals surface area contributed by atoms with Gasteiger partial charge in [0.1, 0.15) is 5.82 Å². The highest BCUT2D eigenvalue weighted by Gasteiger charge is 2.12. The standard InChI is InChI=1S/C13H24N4/c1-9(2)12(14)6-7-17(5)13-11(4)15-8-10(3)16-13/h8-9,12H,6-7,14H2,1-5H3. The molecule has 1 heterocycles. The third-order valence-corrected chi connectivity index (χ3v) is 3.07. The third-order valence-electron chi connectivity index (χ3n) is 3.07. The Morgan fingerprint density at radius 2 is 2.00 bits per heavy atom. The molecule has 1 aromatic rings. The number of rotatable bonds is 5. The first kappa shape index (κ1) is 13.9. The molecule has 17 heavy (non-hydrogen) atoms. The summed E-state index contributed by atoms with van der Waals surface area (Å²) in [5, 5.41) is 0. The van der Waals surface area contributed by atoms with Gasteiger partial charge in [-0.25, -0.2) is 4.98 Å². The maximum Gasteiger partial charge on any atom is 0.150 e. The second-order valence-corrected chi connectivity index (χ2v) is 5.04. The van der Waals surface area contributed by atoms with Gasteiger partial charge in [0.05, 0.1) is 11.4 Å². The maximum atomic E-state index is 6.05.